The van der Waals surface area contributed by atoms with Gasteiger partial charge in [0.15, 0.2) is 11.6 Å². The number of ether oxygens (including phenoxy) is 2. The molecule has 37 heavy (non-hydrogen) atoms. The zero-order valence-corrected chi connectivity index (χ0v) is 22.3. The Morgan fingerprint density at radius 1 is 1.16 bits per heavy atom. The molecule has 0 radical (unpaired) electrons. The highest BCUT2D eigenvalue weighted by atomic mass is 32.1. The number of hydrogen-bond acceptors (Lipinski definition) is 5. The molecular formula is C29H33FN2O4S. The third-order valence-corrected chi connectivity index (χ3v) is 7.82. The number of methoxy groups -OCH3 is 1. The van der Waals surface area contributed by atoms with Crippen molar-refractivity contribution in [2.45, 2.75) is 32.7 Å². The molecule has 2 amide bonds. The van der Waals surface area contributed by atoms with E-state index in [1.54, 1.807) is 70.7 Å². The molecule has 8 heteroatoms. The smallest absolute Gasteiger partial charge is 0.254 e. The lowest BCUT2D eigenvalue weighted by molar-refractivity contribution is -0.135. The highest BCUT2D eigenvalue weighted by molar-refractivity contribution is 7.10. The summed E-state index contributed by atoms with van der Waals surface area (Å²) in [5, 5.41) is 2.01. The molecule has 196 valence electrons. The van der Waals surface area contributed by atoms with E-state index in [-0.39, 0.29) is 42.7 Å². The summed E-state index contributed by atoms with van der Waals surface area (Å²) in [5.41, 5.74) is 1.53. The molecule has 2 atom stereocenters. The number of fused-ring (bicyclic) bond motifs is 1. The van der Waals surface area contributed by atoms with E-state index in [1.807, 2.05) is 11.4 Å². The van der Waals surface area contributed by atoms with E-state index in [0.717, 1.165) is 18.4 Å². The predicted molar refractivity (Wildman–Crippen MR) is 143 cm³/mol. The molecule has 6 nitrogen and oxygen atoms in total. The van der Waals surface area contributed by atoms with E-state index in [4.69, 9.17) is 9.47 Å². The van der Waals surface area contributed by atoms with Crippen LogP contribution in [0.25, 0.3) is 0 Å². The average Bonchev–Trinajstić information content (AvgIpc) is 3.41. The van der Waals surface area contributed by atoms with Crippen LogP contribution < -0.4 is 9.47 Å². The van der Waals surface area contributed by atoms with Gasteiger partial charge in [-0.15, -0.1) is 11.3 Å². The fourth-order valence-corrected chi connectivity index (χ4v) is 5.43. The second-order valence-corrected chi connectivity index (χ2v) is 10.3. The maximum Gasteiger partial charge on any atom is 0.254 e. The number of thiophene rings is 1. The summed E-state index contributed by atoms with van der Waals surface area (Å²) >= 11 is 1.66. The van der Waals surface area contributed by atoms with Crippen molar-refractivity contribution in [2.75, 3.05) is 33.4 Å². The molecule has 0 aliphatic carbocycles. The van der Waals surface area contributed by atoms with Crippen LogP contribution in [0.3, 0.4) is 0 Å². The molecule has 1 aromatic heterocycles. The van der Waals surface area contributed by atoms with Gasteiger partial charge in [-0.1, -0.05) is 32.4 Å². The van der Waals surface area contributed by atoms with Crippen molar-refractivity contribution in [3.8, 4) is 11.5 Å². The molecule has 1 aliphatic rings. The Bertz CT molecular complexity index is 1210. The van der Waals surface area contributed by atoms with Crippen LogP contribution in [0.1, 0.15) is 47.1 Å². The first-order valence-corrected chi connectivity index (χ1v) is 13.5. The predicted octanol–water partition coefficient (Wildman–Crippen LogP) is 5.59. The number of para-hydroxylation sites is 1. The summed E-state index contributed by atoms with van der Waals surface area (Å²) < 4.78 is 25.3. The van der Waals surface area contributed by atoms with Gasteiger partial charge in [0.1, 0.15) is 18.9 Å². The van der Waals surface area contributed by atoms with Crippen molar-refractivity contribution >= 4 is 23.2 Å². The van der Waals surface area contributed by atoms with Crippen molar-refractivity contribution in [1.29, 1.82) is 0 Å². The quantitative estimate of drug-likeness (QED) is 0.347. The summed E-state index contributed by atoms with van der Waals surface area (Å²) in [6, 6.07) is 14.9. The van der Waals surface area contributed by atoms with Crippen molar-refractivity contribution < 1.29 is 23.5 Å². The van der Waals surface area contributed by atoms with E-state index >= 15 is 0 Å². The van der Waals surface area contributed by atoms with E-state index in [1.165, 1.54) is 10.9 Å². The van der Waals surface area contributed by atoms with Crippen molar-refractivity contribution in [2.24, 2.45) is 5.92 Å². The molecule has 0 fully saturated rings. The molecular weight excluding hydrogens is 491 g/mol. The van der Waals surface area contributed by atoms with Crippen molar-refractivity contribution in [1.82, 2.24) is 9.80 Å². The minimum Gasteiger partial charge on any atom is -0.497 e. The minimum atomic E-state index is -0.438. The number of halogens is 1. The number of amides is 2. The average molecular weight is 525 g/mol. The first kappa shape index (κ1) is 26.7. The normalized spacial score (nSPS) is 15.6. The molecule has 2 heterocycles. The molecule has 2 aromatic carbocycles. The van der Waals surface area contributed by atoms with Gasteiger partial charge in [0.25, 0.3) is 5.91 Å². The number of rotatable bonds is 10. The van der Waals surface area contributed by atoms with Crippen LogP contribution in [0.2, 0.25) is 0 Å². The summed E-state index contributed by atoms with van der Waals surface area (Å²) in [6.45, 7) is 5.23. The first-order chi connectivity index (χ1) is 17.9. The Morgan fingerprint density at radius 2 is 1.92 bits per heavy atom. The third kappa shape index (κ3) is 6.31. The highest BCUT2D eigenvalue weighted by Gasteiger charge is 2.34. The van der Waals surface area contributed by atoms with Gasteiger partial charge >= 0.3 is 0 Å². The molecule has 0 spiro atoms. The lowest BCUT2D eigenvalue weighted by Crippen LogP contribution is -2.48. The summed E-state index contributed by atoms with van der Waals surface area (Å²) in [6.07, 6.45) is 1.63. The van der Waals surface area contributed by atoms with E-state index in [0.29, 0.717) is 24.4 Å². The van der Waals surface area contributed by atoms with Crippen molar-refractivity contribution in [3.63, 3.8) is 0 Å². The van der Waals surface area contributed by atoms with Crippen LogP contribution in [0, 0.1) is 11.7 Å². The Morgan fingerprint density at radius 3 is 2.62 bits per heavy atom. The van der Waals surface area contributed by atoms with Crippen LogP contribution in [0.4, 0.5) is 4.39 Å². The molecule has 0 unspecified atom stereocenters. The lowest BCUT2D eigenvalue weighted by atomic mass is 10.00. The zero-order valence-electron chi connectivity index (χ0n) is 21.5. The van der Waals surface area contributed by atoms with Crippen molar-refractivity contribution in [3.05, 3.63) is 81.8 Å². The third-order valence-electron chi connectivity index (χ3n) is 6.83. The van der Waals surface area contributed by atoms with Crippen LogP contribution >= 0.6 is 11.3 Å². The standard InChI is InChI=1S/C29H33FN2O4S/c1-4-20(2)17-31(29(34)21-9-11-22(35-3)12-10-21)18-28(33)32-15-13-27-23(14-16-37-27)25(32)19-36-26-8-6-5-7-24(26)30/h5-12,14,16,20,25H,4,13,15,17-19H2,1-3H3/t20-,25-/m0/s1. The molecule has 3 aromatic rings. The van der Waals surface area contributed by atoms with Gasteiger partial charge in [-0.05, 0) is 65.7 Å². The lowest BCUT2D eigenvalue weighted by Gasteiger charge is -2.37. The Labute approximate surface area is 221 Å². The highest BCUT2D eigenvalue weighted by Crippen LogP contribution is 2.34. The molecule has 1 aliphatic heterocycles. The van der Waals surface area contributed by atoms with Gasteiger partial charge in [-0.25, -0.2) is 4.39 Å². The first-order valence-electron chi connectivity index (χ1n) is 12.6. The summed E-state index contributed by atoms with van der Waals surface area (Å²) in [4.78, 5) is 31.8. The Kier molecular flexibility index (Phi) is 8.82. The minimum absolute atomic E-state index is 0.0368. The van der Waals surface area contributed by atoms with E-state index in [2.05, 4.69) is 13.8 Å². The number of hydrogen-bond donors (Lipinski definition) is 0. The molecule has 0 bridgehead atoms. The second kappa shape index (κ2) is 12.2. The monoisotopic (exact) mass is 524 g/mol. The second-order valence-electron chi connectivity index (χ2n) is 9.32. The van der Waals surface area contributed by atoms with Gasteiger partial charge in [0, 0.05) is 23.5 Å². The van der Waals surface area contributed by atoms with Gasteiger partial charge in [-0.2, -0.15) is 0 Å². The SMILES string of the molecule is CC[C@H](C)CN(CC(=O)N1CCc2sccc2[C@@H]1COc1ccccc1F)C(=O)c1ccc(OC)cc1. The van der Waals surface area contributed by atoms with Crippen LogP contribution in [0.5, 0.6) is 11.5 Å². The zero-order chi connectivity index (χ0) is 26.4. The topological polar surface area (TPSA) is 59.1 Å². The maximum absolute atomic E-state index is 14.2. The van der Waals surface area contributed by atoms with E-state index in [9.17, 15) is 14.0 Å². The van der Waals surface area contributed by atoms with Gasteiger partial charge in [0.2, 0.25) is 5.91 Å². The number of carbonyl (C=O) groups excluding carboxylic acids is 2. The number of benzene rings is 2. The number of nitrogens with zero attached hydrogens (tertiary/aromatic N) is 2. The molecule has 0 saturated heterocycles. The number of carbonyl (C=O) groups is 2. The van der Waals surface area contributed by atoms with Crippen LogP contribution in [-0.2, 0) is 11.2 Å². The van der Waals surface area contributed by atoms with Gasteiger partial charge in [-0.3, -0.25) is 9.59 Å². The molecule has 0 N–H and O–H groups in total. The van der Waals surface area contributed by atoms with Gasteiger partial charge in [0.05, 0.1) is 13.2 Å². The van der Waals surface area contributed by atoms with Crippen LogP contribution in [-0.4, -0.2) is 55.0 Å². The molecule has 0 saturated carbocycles. The maximum atomic E-state index is 14.2. The fraction of sp³-hybridized carbons (Fsp3) is 0.379. The Balaban J connectivity index is 1.54. The van der Waals surface area contributed by atoms with Gasteiger partial charge < -0.3 is 19.3 Å². The largest absolute Gasteiger partial charge is 0.497 e. The summed E-state index contributed by atoms with van der Waals surface area (Å²) in [7, 11) is 1.58. The Hall–Kier alpha value is -3.39. The summed E-state index contributed by atoms with van der Waals surface area (Å²) in [5.74, 6) is 0.281. The fourth-order valence-electron chi connectivity index (χ4n) is 4.50. The van der Waals surface area contributed by atoms with E-state index < -0.39 is 5.82 Å². The van der Waals surface area contributed by atoms with Crippen LogP contribution in [0.15, 0.2) is 60.0 Å². The molecule has 4 rings (SSSR count).